The summed E-state index contributed by atoms with van der Waals surface area (Å²) < 4.78 is 5.17. The van der Waals surface area contributed by atoms with E-state index >= 15 is 0 Å². The maximum atomic E-state index is 12.9. The lowest BCUT2D eigenvalue weighted by atomic mass is 10.0. The van der Waals surface area contributed by atoms with Crippen LogP contribution in [0.25, 0.3) is 0 Å². The molecule has 0 radical (unpaired) electrons. The lowest BCUT2D eigenvalue weighted by Gasteiger charge is -2.33. The molecule has 2 amide bonds. The quantitative estimate of drug-likeness (QED) is 0.637. The van der Waals surface area contributed by atoms with E-state index in [1.807, 2.05) is 24.3 Å². The second-order valence-corrected chi connectivity index (χ2v) is 9.61. The molecule has 0 unspecified atom stereocenters. The summed E-state index contributed by atoms with van der Waals surface area (Å²) in [5.74, 6) is 0.951. The number of amides is 2. The van der Waals surface area contributed by atoms with Gasteiger partial charge in [-0.05, 0) is 49.0 Å². The zero-order valence-electron chi connectivity index (χ0n) is 18.8. The Labute approximate surface area is 193 Å². The normalized spacial score (nSPS) is 23.9. The number of hydrogen-bond donors (Lipinski definition) is 2. The summed E-state index contributed by atoms with van der Waals surface area (Å²) >= 11 is 1.74. The number of nitrogens with zero attached hydrogens (tertiary/aromatic N) is 2. The summed E-state index contributed by atoms with van der Waals surface area (Å²) in [6.45, 7) is 2.82. The fourth-order valence-corrected chi connectivity index (χ4v) is 5.49. The predicted molar refractivity (Wildman–Crippen MR) is 126 cm³/mol. The first-order valence-corrected chi connectivity index (χ1v) is 12.1. The lowest BCUT2D eigenvalue weighted by Crippen LogP contribution is -2.49. The Bertz CT molecular complexity index is 902. The third-order valence-electron chi connectivity index (χ3n) is 6.64. The number of nitrogens with one attached hydrogen (secondary N) is 2. The van der Waals surface area contributed by atoms with Gasteiger partial charge in [-0.2, -0.15) is 0 Å². The van der Waals surface area contributed by atoms with E-state index in [-0.39, 0.29) is 29.9 Å². The van der Waals surface area contributed by atoms with Gasteiger partial charge in [0.2, 0.25) is 11.8 Å². The lowest BCUT2D eigenvalue weighted by molar-refractivity contribution is -0.126. The maximum Gasteiger partial charge on any atom is 0.239 e. The third kappa shape index (κ3) is 5.31. The van der Waals surface area contributed by atoms with Crippen LogP contribution in [0.1, 0.15) is 29.7 Å². The van der Waals surface area contributed by atoms with Crippen molar-refractivity contribution < 1.29 is 14.3 Å². The number of rotatable bonds is 8. The first kappa shape index (κ1) is 22.8. The molecule has 1 aromatic carbocycles. The summed E-state index contributed by atoms with van der Waals surface area (Å²) in [4.78, 5) is 31.3. The molecule has 2 N–H and O–H groups in total. The predicted octanol–water partition coefficient (Wildman–Crippen LogP) is 2.23. The van der Waals surface area contributed by atoms with E-state index in [2.05, 4.69) is 45.0 Å². The molecule has 172 valence electrons. The second-order valence-electron chi connectivity index (χ2n) is 8.58. The summed E-state index contributed by atoms with van der Waals surface area (Å²) in [5, 5.41) is 8.22. The van der Waals surface area contributed by atoms with Crippen LogP contribution >= 0.6 is 11.3 Å². The van der Waals surface area contributed by atoms with Crippen molar-refractivity contribution in [3.8, 4) is 5.75 Å². The molecule has 8 heteroatoms. The van der Waals surface area contributed by atoms with Gasteiger partial charge in [-0.15, -0.1) is 11.3 Å². The van der Waals surface area contributed by atoms with Crippen molar-refractivity contribution in [1.29, 1.82) is 0 Å². The second kappa shape index (κ2) is 10.5. The van der Waals surface area contributed by atoms with Crippen LogP contribution in [0.3, 0.4) is 0 Å². The summed E-state index contributed by atoms with van der Waals surface area (Å²) in [7, 11) is 3.74. The fourth-order valence-electron chi connectivity index (χ4n) is 4.76. The van der Waals surface area contributed by atoms with Crippen molar-refractivity contribution >= 4 is 23.2 Å². The molecule has 4 rings (SSSR count). The molecule has 0 spiro atoms. The number of likely N-dealkylation sites (N-methyl/N-ethyl adjacent to an activating group) is 1. The Kier molecular flexibility index (Phi) is 7.44. The minimum atomic E-state index is -0.129. The van der Waals surface area contributed by atoms with E-state index < -0.39 is 0 Å². The van der Waals surface area contributed by atoms with Crippen molar-refractivity contribution in [1.82, 2.24) is 20.4 Å². The molecule has 3 atom stereocenters. The van der Waals surface area contributed by atoms with Crippen LogP contribution in [-0.2, 0) is 22.7 Å². The van der Waals surface area contributed by atoms with Gasteiger partial charge in [-0.25, -0.2) is 0 Å². The Morgan fingerprint density at radius 2 is 2.09 bits per heavy atom. The van der Waals surface area contributed by atoms with Crippen molar-refractivity contribution in [2.75, 3.05) is 27.2 Å². The van der Waals surface area contributed by atoms with Gasteiger partial charge in [0.05, 0.1) is 7.11 Å². The SMILES string of the molecule is COc1ccc(CNC(=O)CC[C@H]2CNC(=O)[C@@H]3[C@H](CCN3Cc3cccs3)N2C)cc1. The van der Waals surface area contributed by atoms with Crippen molar-refractivity contribution in [2.24, 2.45) is 0 Å². The number of hydrogen-bond acceptors (Lipinski definition) is 6. The van der Waals surface area contributed by atoms with Gasteiger partial charge in [0.25, 0.3) is 0 Å². The molecule has 0 bridgehead atoms. The molecule has 2 saturated heterocycles. The van der Waals surface area contributed by atoms with Gasteiger partial charge in [0.15, 0.2) is 0 Å². The van der Waals surface area contributed by atoms with E-state index in [1.54, 1.807) is 18.4 Å². The molecule has 3 heterocycles. The molecule has 2 aliphatic heterocycles. The van der Waals surface area contributed by atoms with Crippen LogP contribution in [0, 0.1) is 0 Å². The number of ether oxygens (including phenoxy) is 1. The summed E-state index contributed by atoms with van der Waals surface area (Å²) in [6, 6.07) is 12.1. The molecule has 0 aliphatic carbocycles. The smallest absolute Gasteiger partial charge is 0.239 e. The van der Waals surface area contributed by atoms with E-state index in [9.17, 15) is 9.59 Å². The first-order chi connectivity index (χ1) is 15.5. The molecule has 2 fully saturated rings. The van der Waals surface area contributed by atoms with Crippen molar-refractivity contribution in [2.45, 2.75) is 50.5 Å². The average molecular weight is 457 g/mol. The van der Waals surface area contributed by atoms with Crippen molar-refractivity contribution in [3.63, 3.8) is 0 Å². The highest BCUT2D eigenvalue weighted by atomic mass is 32.1. The van der Waals surface area contributed by atoms with Crippen molar-refractivity contribution in [3.05, 3.63) is 52.2 Å². The van der Waals surface area contributed by atoms with Gasteiger partial charge in [-0.1, -0.05) is 18.2 Å². The summed E-state index contributed by atoms with van der Waals surface area (Å²) in [6.07, 6.45) is 2.14. The Morgan fingerprint density at radius 1 is 1.28 bits per heavy atom. The number of fused-ring (bicyclic) bond motifs is 1. The molecule has 2 aromatic rings. The Hall–Kier alpha value is -2.42. The van der Waals surface area contributed by atoms with E-state index in [0.717, 1.165) is 37.2 Å². The third-order valence-corrected chi connectivity index (χ3v) is 7.50. The highest BCUT2D eigenvalue weighted by molar-refractivity contribution is 7.09. The maximum absolute atomic E-state index is 12.9. The Morgan fingerprint density at radius 3 is 2.81 bits per heavy atom. The van der Waals surface area contributed by atoms with E-state index in [1.165, 1.54) is 4.88 Å². The highest BCUT2D eigenvalue weighted by Gasteiger charge is 2.44. The number of likely N-dealkylation sites (tertiary alicyclic amines) is 1. The van der Waals surface area contributed by atoms with Gasteiger partial charge >= 0.3 is 0 Å². The number of carbonyl (C=O) groups excluding carboxylic acids is 2. The fraction of sp³-hybridized carbons (Fsp3) is 0.500. The summed E-state index contributed by atoms with van der Waals surface area (Å²) in [5.41, 5.74) is 1.04. The molecule has 2 aliphatic rings. The zero-order valence-corrected chi connectivity index (χ0v) is 19.6. The average Bonchev–Trinajstić information content (AvgIpc) is 3.45. The van der Waals surface area contributed by atoms with E-state index in [4.69, 9.17) is 4.74 Å². The van der Waals surface area contributed by atoms with Crippen LogP contribution < -0.4 is 15.4 Å². The first-order valence-electron chi connectivity index (χ1n) is 11.2. The van der Waals surface area contributed by atoms with Crippen LogP contribution in [0.2, 0.25) is 0 Å². The standard InChI is InChI=1S/C24H32N4O3S/c1-27-18(7-10-22(29)25-14-17-5-8-19(31-2)9-6-17)15-26-24(30)23-21(27)11-12-28(23)16-20-4-3-13-32-20/h3-6,8-9,13,18,21,23H,7,10-12,14-16H2,1-2H3,(H,25,29)(H,26,30)/t18-,21-,23-/m0/s1. The molecule has 0 saturated carbocycles. The van der Waals surface area contributed by atoms with E-state index in [0.29, 0.717) is 19.5 Å². The number of benzene rings is 1. The number of carbonyl (C=O) groups is 2. The number of methoxy groups -OCH3 is 1. The van der Waals surface area contributed by atoms with Gasteiger partial charge in [-0.3, -0.25) is 19.4 Å². The van der Waals surface area contributed by atoms with Crippen LogP contribution in [0.4, 0.5) is 0 Å². The Balaban J connectivity index is 1.29. The van der Waals surface area contributed by atoms with Gasteiger partial charge in [0.1, 0.15) is 11.8 Å². The van der Waals surface area contributed by atoms with Crippen LogP contribution in [0.15, 0.2) is 41.8 Å². The molecule has 7 nitrogen and oxygen atoms in total. The van der Waals surface area contributed by atoms with Gasteiger partial charge < -0.3 is 15.4 Å². The largest absolute Gasteiger partial charge is 0.497 e. The molecule has 32 heavy (non-hydrogen) atoms. The minimum Gasteiger partial charge on any atom is -0.497 e. The zero-order chi connectivity index (χ0) is 22.5. The minimum absolute atomic E-state index is 0.0343. The van der Waals surface area contributed by atoms with Crippen LogP contribution in [-0.4, -0.2) is 67.0 Å². The monoisotopic (exact) mass is 456 g/mol. The molecule has 1 aromatic heterocycles. The topological polar surface area (TPSA) is 73.9 Å². The number of thiophene rings is 1. The van der Waals surface area contributed by atoms with Gasteiger partial charge in [0, 0.05) is 49.6 Å². The molecular formula is C24H32N4O3S. The molecular weight excluding hydrogens is 424 g/mol. The highest BCUT2D eigenvalue weighted by Crippen LogP contribution is 2.29. The van der Waals surface area contributed by atoms with Crippen LogP contribution in [0.5, 0.6) is 5.75 Å².